The second-order valence-corrected chi connectivity index (χ2v) is 17.3. The Bertz CT molecular complexity index is 1190. The molecular formula is C36H57NO5. The predicted molar refractivity (Wildman–Crippen MR) is 164 cm³/mol. The van der Waals surface area contributed by atoms with Crippen LogP contribution in [0.25, 0.3) is 0 Å². The third-order valence-corrected chi connectivity index (χ3v) is 14.0. The summed E-state index contributed by atoms with van der Waals surface area (Å²) in [6, 6.07) is -0.641. The number of esters is 2. The lowest BCUT2D eigenvalue weighted by atomic mass is 9.33. The molecule has 0 unspecified atom stereocenters. The van der Waals surface area contributed by atoms with Crippen LogP contribution in [0.4, 0.5) is 0 Å². The maximum atomic E-state index is 14.6. The van der Waals surface area contributed by atoms with Crippen LogP contribution >= 0.6 is 0 Å². The molecule has 2 N–H and O–H groups in total. The fourth-order valence-electron chi connectivity index (χ4n) is 11.2. The zero-order chi connectivity index (χ0) is 31.3. The van der Waals surface area contributed by atoms with Gasteiger partial charge in [0.05, 0.1) is 11.5 Å². The molecule has 5 aliphatic carbocycles. The molecule has 5 rings (SSSR count). The number of carbonyl (C=O) groups is 3. The zero-order valence-corrected chi connectivity index (χ0v) is 28.0. The van der Waals surface area contributed by atoms with E-state index in [1.165, 1.54) is 5.57 Å². The van der Waals surface area contributed by atoms with Crippen LogP contribution in [0.2, 0.25) is 0 Å². The first-order chi connectivity index (χ1) is 19.2. The van der Waals surface area contributed by atoms with E-state index in [1.54, 1.807) is 6.92 Å². The largest absolute Gasteiger partial charge is 0.463 e. The van der Waals surface area contributed by atoms with Gasteiger partial charge in [0.25, 0.3) is 0 Å². The number of allylic oxidation sites excluding steroid dienone is 2. The van der Waals surface area contributed by atoms with Gasteiger partial charge in [-0.2, -0.15) is 0 Å². The monoisotopic (exact) mass is 583 g/mol. The van der Waals surface area contributed by atoms with Crippen molar-refractivity contribution in [1.29, 1.82) is 0 Å². The van der Waals surface area contributed by atoms with E-state index < -0.39 is 11.5 Å². The highest BCUT2D eigenvalue weighted by Gasteiger charge is 2.70. The fraction of sp³-hybridized carbons (Fsp3) is 0.861. The van der Waals surface area contributed by atoms with Gasteiger partial charge in [0.2, 0.25) is 0 Å². The molecule has 0 bridgehead atoms. The lowest BCUT2D eigenvalue weighted by molar-refractivity contribution is -0.211. The summed E-state index contributed by atoms with van der Waals surface area (Å²) in [5.41, 5.74) is 6.03. The van der Waals surface area contributed by atoms with E-state index in [2.05, 4.69) is 54.5 Å². The molecule has 5 aliphatic rings. The smallest absolute Gasteiger partial charge is 0.322 e. The number of ketones is 1. The Balaban J connectivity index is 1.52. The van der Waals surface area contributed by atoms with Gasteiger partial charge in [-0.1, -0.05) is 47.1 Å². The molecule has 6 heteroatoms. The number of nitrogens with two attached hydrogens (primary N) is 1. The highest BCUT2D eigenvalue weighted by molar-refractivity contribution is 5.95. The number of fused-ring (bicyclic) bond motifs is 7. The summed E-state index contributed by atoms with van der Waals surface area (Å²) in [6.45, 7) is 21.7. The van der Waals surface area contributed by atoms with Crippen molar-refractivity contribution in [1.82, 2.24) is 0 Å². The van der Waals surface area contributed by atoms with Crippen molar-refractivity contribution in [2.45, 2.75) is 145 Å². The third kappa shape index (κ3) is 4.38. The molecule has 0 spiro atoms. The highest BCUT2D eigenvalue weighted by atomic mass is 16.5. The van der Waals surface area contributed by atoms with Crippen LogP contribution < -0.4 is 5.73 Å². The SMILES string of the molecule is CC(C)OC(=O)[C@@]1(C)CC[C@]2(C)CC[C@]3(C)C(=CC(=O)[C@@H]4[C@@]5(C)CC[C@H](OC(=O)[C@H](C)N)C(C)(C)[C@@H]5CC[C@]43C)[C@@H]2C1. The number of hydrogen-bond donors (Lipinski definition) is 1. The molecule has 6 nitrogen and oxygen atoms in total. The summed E-state index contributed by atoms with van der Waals surface area (Å²) >= 11 is 0. The fourth-order valence-corrected chi connectivity index (χ4v) is 11.2. The summed E-state index contributed by atoms with van der Waals surface area (Å²) in [5, 5.41) is 0. The molecule has 42 heavy (non-hydrogen) atoms. The Morgan fingerprint density at radius 1 is 0.905 bits per heavy atom. The van der Waals surface area contributed by atoms with Crippen LogP contribution in [0, 0.1) is 50.2 Å². The molecule has 0 amide bonds. The minimum absolute atomic E-state index is 0.0768. The van der Waals surface area contributed by atoms with Gasteiger partial charge in [0.15, 0.2) is 5.78 Å². The molecule has 4 saturated carbocycles. The molecular weight excluding hydrogens is 526 g/mol. The van der Waals surface area contributed by atoms with E-state index in [0.717, 1.165) is 57.8 Å². The van der Waals surface area contributed by atoms with E-state index in [1.807, 2.05) is 13.8 Å². The van der Waals surface area contributed by atoms with E-state index in [4.69, 9.17) is 15.2 Å². The second kappa shape index (κ2) is 9.91. The summed E-state index contributed by atoms with van der Waals surface area (Å²) < 4.78 is 11.8. The normalized spacial score (nSPS) is 46.8. The van der Waals surface area contributed by atoms with Gasteiger partial charge in [0, 0.05) is 11.3 Å². The van der Waals surface area contributed by atoms with Crippen LogP contribution in [0.5, 0.6) is 0 Å². The number of rotatable bonds is 4. The molecule has 0 saturated heterocycles. The Labute approximate surface area is 254 Å². The van der Waals surface area contributed by atoms with Crippen molar-refractivity contribution in [3.63, 3.8) is 0 Å². The minimum Gasteiger partial charge on any atom is -0.463 e. The summed E-state index contributed by atoms with van der Waals surface area (Å²) in [6.07, 6.45) is 10.1. The lowest BCUT2D eigenvalue weighted by Gasteiger charge is -2.70. The van der Waals surface area contributed by atoms with Crippen LogP contribution in [0.1, 0.15) is 127 Å². The summed E-state index contributed by atoms with van der Waals surface area (Å²) in [7, 11) is 0. The molecule has 0 radical (unpaired) electrons. The van der Waals surface area contributed by atoms with Gasteiger partial charge in [0.1, 0.15) is 12.1 Å². The first-order valence-corrected chi connectivity index (χ1v) is 16.7. The van der Waals surface area contributed by atoms with Crippen molar-refractivity contribution in [2.24, 2.45) is 56.0 Å². The standard InChI is InChI=1S/C36H57NO5/c1-21(2)41-30(40)33(7)16-15-32(6)17-18-35(9)23(24(32)20-33)19-25(38)28-34(8)13-12-27(42-29(39)22(3)37)31(4,5)26(34)11-14-36(28,35)10/h19,21-22,24,26-28H,11-18,20,37H2,1-10H3/t22-,24-,26-,27-,28+,32+,33-,34-,35+,36+/m0/s1. The van der Waals surface area contributed by atoms with E-state index in [9.17, 15) is 14.4 Å². The first-order valence-electron chi connectivity index (χ1n) is 16.7. The summed E-state index contributed by atoms with van der Waals surface area (Å²) in [4.78, 5) is 40.5. The van der Waals surface area contributed by atoms with Crippen molar-refractivity contribution < 1.29 is 23.9 Å². The van der Waals surface area contributed by atoms with E-state index in [-0.39, 0.29) is 74.8 Å². The number of carbonyl (C=O) groups excluding carboxylic acids is 3. The zero-order valence-electron chi connectivity index (χ0n) is 28.0. The van der Waals surface area contributed by atoms with Gasteiger partial charge in [-0.15, -0.1) is 0 Å². The van der Waals surface area contributed by atoms with Crippen molar-refractivity contribution >= 4 is 17.7 Å². The van der Waals surface area contributed by atoms with Crippen LogP contribution in [-0.4, -0.2) is 36.0 Å². The van der Waals surface area contributed by atoms with Gasteiger partial charge in [-0.05, 0) is 125 Å². The van der Waals surface area contributed by atoms with E-state index in [0.29, 0.717) is 0 Å². The Hall–Kier alpha value is -1.69. The third-order valence-electron chi connectivity index (χ3n) is 14.0. The average Bonchev–Trinajstić information content (AvgIpc) is 2.87. The van der Waals surface area contributed by atoms with E-state index >= 15 is 0 Å². The van der Waals surface area contributed by atoms with Crippen molar-refractivity contribution in [2.75, 3.05) is 0 Å². The maximum absolute atomic E-state index is 14.6. The Morgan fingerprint density at radius 2 is 1.55 bits per heavy atom. The van der Waals surface area contributed by atoms with Crippen LogP contribution in [0.15, 0.2) is 11.6 Å². The topological polar surface area (TPSA) is 95.7 Å². The molecule has 0 aliphatic heterocycles. The Morgan fingerprint density at radius 3 is 2.17 bits per heavy atom. The first kappa shape index (κ1) is 31.7. The molecule has 0 aromatic heterocycles. The highest BCUT2D eigenvalue weighted by Crippen LogP contribution is 2.75. The van der Waals surface area contributed by atoms with Gasteiger partial charge in [-0.25, -0.2) is 0 Å². The quantitative estimate of drug-likeness (QED) is 0.352. The minimum atomic E-state index is -0.641. The van der Waals surface area contributed by atoms with Crippen LogP contribution in [-0.2, 0) is 23.9 Å². The Kier molecular flexibility index (Phi) is 7.48. The van der Waals surface area contributed by atoms with Gasteiger partial charge >= 0.3 is 11.9 Å². The molecule has 0 aromatic rings. The van der Waals surface area contributed by atoms with Crippen molar-refractivity contribution in [3.05, 3.63) is 11.6 Å². The van der Waals surface area contributed by atoms with Gasteiger partial charge < -0.3 is 15.2 Å². The van der Waals surface area contributed by atoms with Crippen molar-refractivity contribution in [3.8, 4) is 0 Å². The molecule has 10 atom stereocenters. The summed E-state index contributed by atoms with van der Waals surface area (Å²) in [5.74, 6) is 0.241. The van der Waals surface area contributed by atoms with Gasteiger partial charge in [-0.3, -0.25) is 14.4 Å². The predicted octanol–water partition coefficient (Wildman–Crippen LogP) is 7.18. The molecule has 236 valence electrons. The molecule has 0 heterocycles. The lowest BCUT2D eigenvalue weighted by Crippen LogP contribution is -2.67. The average molecular weight is 584 g/mol. The maximum Gasteiger partial charge on any atom is 0.322 e. The molecule has 4 fully saturated rings. The van der Waals surface area contributed by atoms with Crippen LogP contribution in [0.3, 0.4) is 0 Å². The molecule has 0 aromatic carbocycles. The number of hydrogen-bond acceptors (Lipinski definition) is 6. The number of ether oxygens (including phenoxy) is 2. The second-order valence-electron chi connectivity index (χ2n) is 17.3.